The number of amides is 3. The van der Waals surface area contributed by atoms with Crippen LogP contribution in [0, 0.1) is 0 Å². The molecule has 14 nitrogen and oxygen atoms in total. The number of nitrogens with one attached hydrogen (secondary N) is 2. The number of oxime groups is 1. The van der Waals surface area contributed by atoms with Gasteiger partial charge in [-0.15, -0.1) is 23.4 Å². The van der Waals surface area contributed by atoms with Crippen molar-refractivity contribution in [3.05, 3.63) is 82.3 Å². The van der Waals surface area contributed by atoms with E-state index in [4.69, 9.17) is 30.6 Å². The van der Waals surface area contributed by atoms with E-state index in [9.17, 15) is 19.2 Å². The molecule has 0 unspecified atom stereocenters. The smallest absolute Gasteiger partial charge is 0.414 e. The Hall–Kier alpha value is -4.67. The predicted molar refractivity (Wildman–Crippen MR) is 197 cm³/mol. The van der Waals surface area contributed by atoms with Crippen LogP contribution in [0.25, 0.3) is 0 Å². The Kier molecular flexibility index (Phi) is 12.8. The zero-order valence-corrected chi connectivity index (χ0v) is 31.7. The number of carbonyl (C=O) groups excluding carboxylic acids is 4. The van der Waals surface area contributed by atoms with Crippen molar-refractivity contribution in [2.75, 3.05) is 25.3 Å². The van der Waals surface area contributed by atoms with Gasteiger partial charge in [-0.1, -0.05) is 41.6 Å². The molecule has 276 valence electrons. The molecule has 0 radical (unpaired) electrons. The number of esters is 1. The molecule has 2 N–H and O–H groups in total. The fourth-order valence-electron chi connectivity index (χ4n) is 5.35. The van der Waals surface area contributed by atoms with E-state index in [0.717, 1.165) is 46.6 Å². The number of aromatic nitrogens is 2. The number of hydrogen-bond donors (Lipinski definition) is 2. The highest BCUT2D eigenvalue weighted by atomic mass is 35.5. The second kappa shape index (κ2) is 17.2. The third-order valence-electron chi connectivity index (χ3n) is 7.82. The Morgan fingerprint density at radius 2 is 1.71 bits per heavy atom. The summed E-state index contributed by atoms with van der Waals surface area (Å²) in [5.41, 5.74) is 2.86. The van der Waals surface area contributed by atoms with Gasteiger partial charge in [-0.25, -0.2) is 9.59 Å². The molecule has 1 fully saturated rings. The highest BCUT2D eigenvalue weighted by Gasteiger charge is 2.54. The first-order valence-electron chi connectivity index (χ1n) is 16.3. The molecular weight excluding hydrogens is 732 g/mol. The molecule has 0 bridgehead atoms. The van der Waals surface area contributed by atoms with Gasteiger partial charge in [0.15, 0.2) is 0 Å². The number of thioether (sulfide) groups is 1. The first-order valence-corrected chi connectivity index (χ1v) is 18.6. The van der Waals surface area contributed by atoms with Crippen LogP contribution in [0.3, 0.4) is 0 Å². The van der Waals surface area contributed by atoms with Gasteiger partial charge in [0.25, 0.3) is 11.8 Å². The molecule has 3 aromatic rings. The number of methoxy groups -OCH3 is 1. The number of hydrogen-bond acceptors (Lipinski definition) is 13. The zero-order chi connectivity index (χ0) is 37.4. The van der Waals surface area contributed by atoms with Crippen LogP contribution >= 0.6 is 34.9 Å². The first-order chi connectivity index (χ1) is 24.9. The number of fused-ring (bicyclic) bond motifs is 1. The molecule has 52 heavy (non-hydrogen) atoms. The summed E-state index contributed by atoms with van der Waals surface area (Å²) in [6.07, 6.45) is 1.32. The SMILES string of the molecule is CO/N=C(\C(=O)N[C@@H]1C(=O)N2C(C(=O)OCc3ccc(OC)cc3)=C(CCCc3ccc(CCl)cc3)CS[C@H]12)c1nsc(NC(=O)OC(C)(C)C)n1. The van der Waals surface area contributed by atoms with E-state index in [0.29, 0.717) is 23.8 Å². The average molecular weight is 771 g/mol. The summed E-state index contributed by atoms with van der Waals surface area (Å²) in [6.45, 7) is 5.15. The van der Waals surface area contributed by atoms with Crippen molar-refractivity contribution in [3.63, 3.8) is 0 Å². The summed E-state index contributed by atoms with van der Waals surface area (Å²) < 4.78 is 20.3. The lowest BCUT2D eigenvalue weighted by molar-refractivity contribution is -0.153. The number of carbonyl (C=O) groups is 4. The van der Waals surface area contributed by atoms with Crippen LogP contribution in [0.4, 0.5) is 9.93 Å². The first kappa shape index (κ1) is 38.6. The normalized spacial score (nSPS) is 17.2. The lowest BCUT2D eigenvalue weighted by Gasteiger charge is -2.49. The standard InChI is InChI=1S/C35H39ClN6O8S2/c1-35(2,3)50-34(46)39-33-38-28(41-52-33)25(40-48-5)29(43)37-26-30(44)42-27(32(45)49-18-22-13-15-24(47-4)16-14-22)23(19-51-31(26)42)8-6-7-20-9-11-21(17-36)12-10-20/h9-16,26,31H,6-8,17-19H2,1-5H3,(H,37,43)(H,38,39,41,46)/b40-25-/t26-,31-/m1/s1. The molecule has 3 heterocycles. The van der Waals surface area contributed by atoms with Crippen molar-refractivity contribution < 1.29 is 38.2 Å². The van der Waals surface area contributed by atoms with Gasteiger partial charge < -0.3 is 24.4 Å². The summed E-state index contributed by atoms with van der Waals surface area (Å²) in [4.78, 5) is 63.5. The maximum atomic E-state index is 13.7. The van der Waals surface area contributed by atoms with E-state index < -0.39 is 40.9 Å². The largest absolute Gasteiger partial charge is 0.497 e. The Morgan fingerprint density at radius 3 is 2.37 bits per heavy atom. The van der Waals surface area contributed by atoms with Gasteiger partial charge in [-0.05, 0) is 74.4 Å². The number of alkyl halides is 1. The molecule has 1 aromatic heterocycles. The minimum Gasteiger partial charge on any atom is -0.497 e. The van der Waals surface area contributed by atoms with Crippen molar-refractivity contribution in [2.45, 2.75) is 69.5 Å². The molecule has 0 spiro atoms. The number of ether oxygens (including phenoxy) is 3. The molecule has 3 amide bonds. The summed E-state index contributed by atoms with van der Waals surface area (Å²) in [7, 11) is 2.82. The Labute approximate surface area is 314 Å². The predicted octanol–water partition coefficient (Wildman–Crippen LogP) is 5.40. The fourth-order valence-corrected chi connectivity index (χ4v) is 7.47. The number of rotatable bonds is 14. The van der Waals surface area contributed by atoms with Crippen LogP contribution in [-0.4, -0.2) is 80.8 Å². The summed E-state index contributed by atoms with van der Waals surface area (Å²) in [5.74, 6) is -0.449. The Morgan fingerprint density at radius 1 is 1.02 bits per heavy atom. The molecule has 5 rings (SSSR count). The maximum absolute atomic E-state index is 13.7. The summed E-state index contributed by atoms with van der Waals surface area (Å²) in [6, 6.07) is 14.2. The highest BCUT2D eigenvalue weighted by molar-refractivity contribution is 8.00. The van der Waals surface area contributed by atoms with Gasteiger partial charge in [0.1, 0.15) is 42.2 Å². The van der Waals surface area contributed by atoms with E-state index in [-0.39, 0.29) is 29.0 Å². The summed E-state index contributed by atoms with van der Waals surface area (Å²) >= 11 is 8.18. The van der Waals surface area contributed by atoms with E-state index >= 15 is 0 Å². The molecule has 1 saturated heterocycles. The van der Waals surface area contributed by atoms with Crippen LogP contribution in [0.2, 0.25) is 0 Å². The van der Waals surface area contributed by atoms with Crippen LogP contribution in [-0.2, 0) is 47.6 Å². The Balaban J connectivity index is 1.29. The van der Waals surface area contributed by atoms with Gasteiger partial charge >= 0.3 is 12.1 Å². The quantitative estimate of drug-likeness (QED) is 0.0707. The molecule has 17 heteroatoms. The van der Waals surface area contributed by atoms with Crippen LogP contribution in [0.1, 0.15) is 56.1 Å². The molecule has 2 aliphatic heterocycles. The topological polar surface area (TPSA) is 171 Å². The van der Waals surface area contributed by atoms with Crippen molar-refractivity contribution in [2.24, 2.45) is 5.16 Å². The number of halogens is 1. The number of benzene rings is 2. The second-order valence-electron chi connectivity index (χ2n) is 12.7. The number of nitrogens with zero attached hydrogens (tertiary/aromatic N) is 4. The minimum atomic E-state index is -0.982. The summed E-state index contributed by atoms with van der Waals surface area (Å²) in [5, 5.41) is 8.44. The molecule has 2 aliphatic rings. The van der Waals surface area contributed by atoms with Crippen molar-refractivity contribution in [3.8, 4) is 5.75 Å². The van der Waals surface area contributed by atoms with Crippen LogP contribution in [0.15, 0.2) is 65.0 Å². The monoisotopic (exact) mass is 770 g/mol. The third-order valence-corrected chi connectivity index (χ3v) is 10.1. The van der Waals surface area contributed by atoms with Gasteiger partial charge in [0, 0.05) is 23.2 Å². The average Bonchev–Trinajstić information content (AvgIpc) is 3.58. The molecule has 2 atom stereocenters. The van der Waals surface area contributed by atoms with Gasteiger partial charge in [0.2, 0.25) is 16.7 Å². The van der Waals surface area contributed by atoms with E-state index in [1.807, 2.05) is 24.3 Å². The fraction of sp³-hybridized carbons (Fsp3) is 0.400. The number of anilines is 1. The van der Waals surface area contributed by atoms with Gasteiger partial charge in [-0.3, -0.25) is 19.8 Å². The van der Waals surface area contributed by atoms with Gasteiger partial charge in [-0.2, -0.15) is 9.36 Å². The zero-order valence-electron chi connectivity index (χ0n) is 29.3. The van der Waals surface area contributed by atoms with Crippen LogP contribution in [0.5, 0.6) is 5.75 Å². The van der Waals surface area contributed by atoms with Crippen LogP contribution < -0.4 is 15.4 Å². The number of aryl methyl sites for hydroxylation is 1. The third kappa shape index (κ3) is 9.60. The molecular formula is C35H39ClN6O8S2. The van der Waals surface area contributed by atoms with Crippen molar-refractivity contribution >= 4 is 69.6 Å². The van der Waals surface area contributed by atoms with Crippen molar-refractivity contribution in [1.82, 2.24) is 19.6 Å². The van der Waals surface area contributed by atoms with Gasteiger partial charge in [0.05, 0.1) is 7.11 Å². The van der Waals surface area contributed by atoms with Crippen molar-refractivity contribution in [1.29, 1.82) is 0 Å². The highest BCUT2D eigenvalue weighted by Crippen LogP contribution is 2.42. The Bertz CT molecular complexity index is 1840. The van der Waals surface area contributed by atoms with E-state index in [2.05, 4.69) is 25.1 Å². The minimum absolute atomic E-state index is 0.00517. The maximum Gasteiger partial charge on any atom is 0.414 e. The molecule has 2 aromatic carbocycles. The molecule has 0 saturated carbocycles. The number of β-lactam (4-membered cyclic amide) rings is 1. The van der Waals surface area contributed by atoms with E-state index in [1.165, 1.54) is 23.8 Å². The molecule has 0 aliphatic carbocycles. The lowest BCUT2D eigenvalue weighted by atomic mass is 9.98. The van der Waals surface area contributed by atoms with E-state index in [1.54, 1.807) is 52.1 Å². The lowest BCUT2D eigenvalue weighted by Crippen LogP contribution is -2.71. The second-order valence-corrected chi connectivity index (χ2v) is 14.8.